The Hall–Kier alpha value is -2.91. The monoisotopic (exact) mass is 457 g/mol. The minimum absolute atomic E-state index is 0.125. The van der Waals surface area contributed by atoms with Gasteiger partial charge in [0.2, 0.25) is 0 Å². The topological polar surface area (TPSA) is 88.8 Å². The Bertz CT molecular complexity index is 1190. The summed E-state index contributed by atoms with van der Waals surface area (Å²) in [6.07, 6.45) is -1.94. The van der Waals surface area contributed by atoms with Gasteiger partial charge in [0.25, 0.3) is 0 Å². The number of halogens is 1. The zero-order valence-corrected chi connectivity index (χ0v) is 18.8. The normalized spacial score (nSPS) is 13.0. The summed E-state index contributed by atoms with van der Waals surface area (Å²) in [6.45, 7) is 4.02. The van der Waals surface area contributed by atoms with Crippen molar-refractivity contribution in [2.45, 2.75) is 32.3 Å². The van der Waals surface area contributed by atoms with E-state index in [1.165, 1.54) is 12.1 Å². The van der Waals surface area contributed by atoms with Crippen molar-refractivity contribution in [3.8, 4) is 17.5 Å². The quantitative estimate of drug-likeness (QED) is 0.382. The van der Waals surface area contributed by atoms with Crippen molar-refractivity contribution in [2.24, 2.45) is 0 Å². The van der Waals surface area contributed by atoms with Gasteiger partial charge in [-0.15, -0.1) is 0 Å². The molecule has 2 N–H and O–H groups in total. The van der Waals surface area contributed by atoms with Crippen LogP contribution in [0.3, 0.4) is 0 Å². The van der Waals surface area contributed by atoms with E-state index in [1.54, 1.807) is 12.1 Å². The third kappa shape index (κ3) is 5.66. The van der Waals surface area contributed by atoms with Crippen molar-refractivity contribution in [3.63, 3.8) is 0 Å². The molecular weight excluding hydrogens is 432 g/mol. The van der Waals surface area contributed by atoms with Crippen molar-refractivity contribution < 1.29 is 28.5 Å². The van der Waals surface area contributed by atoms with E-state index in [4.69, 9.17) is 9.63 Å². The number of hydrogen-bond acceptors (Lipinski definition) is 4. The molecule has 0 saturated heterocycles. The number of fused-ring (bicyclic) bond motifs is 1. The molecule has 0 amide bonds. The second kappa shape index (κ2) is 10.6. The second-order valence-corrected chi connectivity index (χ2v) is 9.11. The molecule has 2 atom stereocenters. The number of carbonyl (C=O) groups is 1. The van der Waals surface area contributed by atoms with Gasteiger partial charge in [0.15, 0.2) is 8.03 Å². The highest BCUT2D eigenvalue weighted by molar-refractivity contribution is 7.39. The number of aliphatic carboxylic acids is 1. The number of aliphatic hydroxyl groups is 1. The first-order valence-corrected chi connectivity index (χ1v) is 11.7. The molecule has 0 aliphatic heterocycles. The summed E-state index contributed by atoms with van der Waals surface area (Å²) in [7, 11) is -2.62. The van der Waals surface area contributed by atoms with E-state index >= 15 is 0 Å². The lowest BCUT2D eigenvalue weighted by atomic mass is 9.99. The summed E-state index contributed by atoms with van der Waals surface area (Å²) in [5.74, 6) is 4.68. The Morgan fingerprint density at radius 1 is 1.19 bits per heavy atom. The van der Waals surface area contributed by atoms with Gasteiger partial charge in [-0.3, -0.25) is 9.36 Å². The fourth-order valence-corrected chi connectivity index (χ4v) is 4.47. The Balaban J connectivity index is 1.92. The molecule has 0 fully saturated rings. The maximum absolute atomic E-state index is 13.5. The van der Waals surface area contributed by atoms with Crippen molar-refractivity contribution in [2.75, 3.05) is 12.8 Å². The zero-order valence-electron chi connectivity index (χ0n) is 17.8. The summed E-state index contributed by atoms with van der Waals surface area (Å²) in [5, 5.41) is 19.3. The molecule has 32 heavy (non-hydrogen) atoms. The lowest BCUT2D eigenvalue weighted by Gasteiger charge is -2.10. The van der Waals surface area contributed by atoms with Crippen molar-refractivity contribution in [1.29, 1.82) is 0 Å². The lowest BCUT2D eigenvalue weighted by Crippen LogP contribution is -2.15. The summed E-state index contributed by atoms with van der Waals surface area (Å²) in [4.78, 5) is 10.6. The van der Waals surface area contributed by atoms with Crippen LogP contribution in [-0.4, -0.2) is 39.6 Å². The molecule has 1 aromatic heterocycles. The molecule has 168 valence electrons. The van der Waals surface area contributed by atoms with Crippen LogP contribution in [0.15, 0.2) is 48.5 Å². The Labute approximate surface area is 186 Å². The van der Waals surface area contributed by atoms with E-state index in [2.05, 4.69) is 25.7 Å². The van der Waals surface area contributed by atoms with Crippen LogP contribution in [0.5, 0.6) is 0 Å². The Morgan fingerprint density at radius 2 is 1.88 bits per heavy atom. The van der Waals surface area contributed by atoms with Gasteiger partial charge in [0, 0.05) is 17.2 Å². The molecule has 2 aromatic carbocycles. The van der Waals surface area contributed by atoms with Gasteiger partial charge in [-0.2, -0.15) is 0 Å². The maximum Gasteiger partial charge on any atom is 0.305 e. The number of nitrogens with zero attached hydrogens (tertiary/aromatic N) is 1. The maximum atomic E-state index is 13.5. The first kappa shape index (κ1) is 23.7. The van der Waals surface area contributed by atoms with Crippen molar-refractivity contribution >= 4 is 24.9 Å². The molecule has 0 aliphatic carbocycles. The minimum atomic E-state index is -2.62. The standard InChI is InChI=1S/C24H25FNO5P/c1-16(2)24-20-6-3-4-7-21(20)26(18-11-9-17(25)10-12-18)22(24)8-5-13-31-32(30)15-19(27)14-23(28)29/h3-4,6-7,9-12,16,19,27,32H,13-15H2,1-2H3,(H,28,29). The van der Waals surface area contributed by atoms with Crippen LogP contribution in [-0.2, 0) is 13.9 Å². The van der Waals surface area contributed by atoms with Gasteiger partial charge in [-0.05, 0) is 47.7 Å². The fourth-order valence-electron chi connectivity index (χ4n) is 3.59. The second-order valence-electron chi connectivity index (χ2n) is 7.66. The van der Waals surface area contributed by atoms with Crippen LogP contribution < -0.4 is 0 Å². The number of aliphatic hydroxyl groups excluding tert-OH is 1. The van der Waals surface area contributed by atoms with Gasteiger partial charge in [-0.25, -0.2) is 4.39 Å². The van der Waals surface area contributed by atoms with Crippen LogP contribution in [0.1, 0.15) is 37.4 Å². The van der Waals surface area contributed by atoms with Gasteiger partial charge in [0.1, 0.15) is 18.1 Å². The van der Waals surface area contributed by atoms with Crippen molar-refractivity contribution in [1.82, 2.24) is 4.57 Å². The molecule has 6 nitrogen and oxygen atoms in total. The third-order valence-corrected chi connectivity index (χ3v) is 6.17. The van der Waals surface area contributed by atoms with Crippen LogP contribution in [0, 0.1) is 17.7 Å². The molecule has 0 bridgehead atoms. The van der Waals surface area contributed by atoms with Crippen LogP contribution in [0.2, 0.25) is 0 Å². The molecule has 0 spiro atoms. The Morgan fingerprint density at radius 3 is 2.53 bits per heavy atom. The molecule has 3 rings (SSSR count). The number of para-hydroxylation sites is 1. The molecular formula is C24H25FNO5P. The van der Waals surface area contributed by atoms with E-state index in [-0.39, 0.29) is 24.5 Å². The SMILES string of the molecule is CC(C)c1c(C#CCO[PH](=O)CC(O)CC(=O)O)n(-c2ccc(F)cc2)c2ccccc12. The van der Waals surface area contributed by atoms with Gasteiger partial charge >= 0.3 is 5.97 Å². The minimum Gasteiger partial charge on any atom is -0.481 e. The first-order valence-electron chi connectivity index (χ1n) is 10.2. The molecule has 8 heteroatoms. The fraction of sp³-hybridized carbons (Fsp3) is 0.292. The van der Waals surface area contributed by atoms with E-state index in [1.807, 2.05) is 28.8 Å². The third-order valence-electron chi connectivity index (χ3n) is 4.90. The summed E-state index contributed by atoms with van der Waals surface area (Å²) in [6, 6.07) is 14.1. The van der Waals surface area contributed by atoms with Crippen molar-refractivity contribution in [3.05, 3.63) is 65.6 Å². The van der Waals surface area contributed by atoms with Gasteiger partial charge in [0.05, 0.1) is 18.0 Å². The number of aromatic nitrogens is 1. The molecule has 3 aromatic rings. The highest BCUT2D eigenvalue weighted by atomic mass is 31.1. The average Bonchev–Trinajstić information content (AvgIpc) is 3.05. The molecule has 0 radical (unpaired) electrons. The average molecular weight is 457 g/mol. The van der Waals surface area contributed by atoms with Gasteiger partial charge in [-0.1, -0.05) is 38.0 Å². The van der Waals surface area contributed by atoms with E-state index < -0.39 is 26.5 Å². The number of carboxylic acid groups (broad SMARTS) is 1. The molecule has 1 heterocycles. The highest BCUT2D eigenvalue weighted by Gasteiger charge is 2.19. The van der Waals surface area contributed by atoms with E-state index in [0.29, 0.717) is 0 Å². The number of benzene rings is 2. The van der Waals surface area contributed by atoms with Crippen LogP contribution >= 0.6 is 8.03 Å². The number of rotatable bonds is 8. The molecule has 2 unspecified atom stereocenters. The summed E-state index contributed by atoms with van der Waals surface area (Å²) in [5.41, 5.74) is 3.49. The predicted molar refractivity (Wildman–Crippen MR) is 122 cm³/mol. The van der Waals surface area contributed by atoms with Crippen LogP contribution in [0.4, 0.5) is 4.39 Å². The van der Waals surface area contributed by atoms with E-state index in [0.717, 1.165) is 27.8 Å². The van der Waals surface area contributed by atoms with Gasteiger partial charge < -0.3 is 19.3 Å². The molecule has 0 saturated carbocycles. The summed E-state index contributed by atoms with van der Waals surface area (Å²) < 4.78 is 32.7. The number of carboxylic acids is 1. The predicted octanol–water partition coefficient (Wildman–Crippen LogP) is 4.57. The lowest BCUT2D eigenvalue weighted by molar-refractivity contribution is -0.138. The zero-order chi connectivity index (χ0) is 23.3. The summed E-state index contributed by atoms with van der Waals surface area (Å²) >= 11 is 0. The largest absolute Gasteiger partial charge is 0.481 e. The number of hydrogen-bond donors (Lipinski definition) is 2. The molecule has 0 aliphatic rings. The highest BCUT2D eigenvalue weighted by Crippen LogP contribution is 2.34. The smallest absolute Gasteiger partial charge is 0.305 e. The van der Waals surface area contributed by atoms with E-state index in [9.17, 15) is 18.9 Å². The van der Waals surface area contributed by atoms with Crippen LogP contribution in [0.25, 0.3) is 16.6 Å². The first-order chi connectivity index (χ1) is 15.3. The Kier molecular flexibility index (Phi) is 7.87.